The van der Waals surface area contributed by atoms with Crippen LogP contribution in [-0.4, -0.2) is 19.7 Å². The predicted molar refractivity (Wildman–Crippen MR) is 60.6 cm³/mol. The lowest BCUT2D eigenvalue weighted by Gasteiger charge is -2.24. The molecule has 2 aromatic rings. The quantitative estimate of drug-likeness (QED) is 0.826. The minimum absolute atomic E-state index is 0.498. The standard InChI is InChI=1S/C11H13N5/c12-10-6-2-5-9(14-10)11-13-7-16(15-11)8-3-1-4-8/h2,5-8H,1,3-4H2,(H2,12,14). The summed E-state index contributed by atoms with van der Waals surface area (Å²) in [5.74, 6) is 1.15. The highest BCUT2D eigenvalue weighted by Gasteiger charge is 2.20. The minimum Gasteiger partial charge on any atom is -0.384 e. The van der Waals surface area contributed by atoms with Gasteiger partial charge in [0.1, 0.15) is 17.8 Å². The van der Waals surface area contributed by atoms with Crippen LogP contribution in [0.4, 0.5) is 5.82 Å². The minimum atomic E-state index is 0.498. The first-order valence-corrected chi connectivity index (χ1v) is 5.47. The van der Waals surface area contributed by atoms with Crippen molar-refractivity contribution in [1.29, 1.82) is 0 Å². The summed E-state index contributed by atoms with van der Waals surface area (Å²) >= 11 is 0. The first-order chi connectivity index (χ1) is 7.83. The summed E-state index contributed by atoms with van der Waals surface area (Å²) < 4.78 is 1.93. The molecule has 0 aromatic carbocycles. The Labute approximate surface area is 93.3 Å². The molecule has 5 heteroatoms. The van der Waals surface area contributed by atoms with Crippen LogP contribution in [0.25, 0.3) is 11.5 Å². The molecule has 0 spiro atoms. The van der Waals surface area contributed by atoms with Crippen molar-refractivity contribution in [3.8, 4) is 11.5 Å². The Morgan fingerprint density at radius 3 is 2.88 bits per heavy atom. The maximum absolute atomic E-state index is 5.63. The first-order valence-electron chi connectivity index (χ1n) is 5.47. The Morgan fingerprint density at radius 2 is 2.19 bits per heavy atom. The number of hydrogen-bond donors (Lipinski definition) is 1. The molecule has 82 valence electrons. The van der Waals surface area contributed by atoms with Crippen molar-refractivity contribution in [2.75, 3.05) is 5.73 Å². The van der Waals surface area contributed by atoms with Crippen LogP contribution >= 0.6 is 0 Å². The second-order valence-corrected chi connectivity index (χ2v) is 4.08. The Morgan fingerprint density at radius 1 is 1.31 bits per heavy atom. The van der Waals surface area contributed by atoms with Crippen LogP contribution in [-0.2, 0) is 0 Å². The van der Waals surface area contributed by atoms with Gasteiger partial charge in [0.15, 0.2) is 5.82 Å². The molecule has 5 nitrogen and oxygen atoms in total. The van der Waals surface area contributed by atoms with Gasteiger partial charge in [-0.05, 0) is 31.4 Å². The average Bonchev–Trinajstić information content (AvgIpc) is 2.64. The van der Waals surface area contributed by atoms with Gasteiger partial charge in [0.2, 0.25) is 0 Å². The number of hydrogen-bond acceptors (Lipinski definition) is 4. The predicted octanol–water partition coefficient (Wildman–Crippen LogP) is 1.65. The molecular weight excluding hydrogens is 202 g/mol. The smallest absolute Gasteiger partial charge is 0.199 e. The summed E-state index contributed by atoms with van der Waals surface area (Å²) in [4.78, 5) is 8.46. The van der Waals surface area contributed by atoms with Crippen LogP contribution < -0.4 is 5.73 Å². The molecule has 1 aliphatic rings. The van der Waals surface area contributed by atoms with Crippen molar-refractivity contribution in [3.63, 3.8) is 0 Å². The van der Waals surface area contributed by atoms with Gasteiger partial charge in [0.05, 0.1) is 6.04 Å². The zero-order chi connectivity index (χ0) is 11.0. The highest BCUT2D eigenvalue weighted by Crippen LogP contribution is 2.30. The molecule has 3 rings (SSSR count). The highest BCUT2D eigenvalue weighted by atomic mass is 15.4. The van der Waals surface area contributed by atoms with Gasteiger partial charge in [-0.1, -0.05) is 6.07 Å². The van der Waals surface area contributed by atoms with E-state index < -0.39 is 0 Å². The Bertz CT molecular complexity index is 501. The fraction of sp³-hybridized carbons (Fsp3) is 0.364. The monoisotopic (exact) mass is 215 g/mol. The zero-order valence-electron chi connectivity index (χ0n) is 8.87. The van der Waals surface area contributed by atoms with E-state index in [1.54, 1.807) is 12.4 Å². The van der Waals surface area contributed by atoms with E-state index in [-0.39, 0.29) is 0 Å². The molecule has 0 aliphatic heterocycles. The van der Waals surface area contributed by atoms with Crippen molar-refractivity contribution in [1.82, 2.24) is 19.7 Å². The largest absolute Gasteiger partial charge is 0.384 e. The van der Waals surface area contributed by atoms with Crippen molar-refractivity contribution in [2.45, 2.75) is 25.3 Å². The third-order valence-corrected chi connectivity index (χ3v) is 2.96. The van der Waals surface area contributed by atoms with E-state index in [9.17, 15) is 0 Å². The molecule has 1 saturated carbocycles. The van der Waals surface area contributed by atoms with Crippen LogP contribution in [0.3, 0.4) is 0 Å². The summed E-state index contributed by atoms with van der Waals surface area (Å²) in [5, 5.41) is 4.43. The van der Waals surface area contributed by atoms with E-state index in [1.165, 1.54) is 19.3 Å². The lowest BCUT2D eigenvalue weighted by molar-refractivity contribution is 0.289. The number of anilines is 1. The van der Waals surface area contributed by atoms with Crippen molar-refractivity contribution in [3.05, 3.63) is 24.5 Å². The van der Waals surface area contributed by atoms with Crippen LogP contribution in [0, 0.1) is 0 Å². The number of aromatic nitrogens is 4. The maximum Gasteiger partial charge on any atom is 0.199 e. The summed E-state index contributed by atoms with van der Waals surface area (Å²) in [6.07, 6.45) is 5.47. The Balaban J connectivity index is 1.91. The summed E-state index contributed by atoms with van der Waals surface area (Å²) in [5.41, 5.74) is 6.36. The van der Waals surface area contributed by atoms with Crippen LogP contribution in [0.1, 0.15) is 25.3 Å². The van der Waals surface area contributed by atoms with Gasteiger partial charge in [0.25, 0.3) is 0 Å². The molecule has 2 heterocycles. The van der Waals surface area contributed by atoms with E-state index in [1.807, 2.05) is 16.8 Å². The second kappa shape index (κ2) is 3.59. The van der Waals surface area contributed by atoms with Crippen LogP contribution in [0.2, 0.25) is 0 Å². The molecule has 1 aliphatic carbocycles. The van der Waals surface area contributed by atoms with Crippen molar-refractivity contribution >= 4 is 5.82 Å². The SMILES string of the molecule is Nc1cccc(-c2ncn(C3CCC3)n2)n1. The first kappa shape index (κ1) is 9.33. The van der Waals surface area contributed by atoms with Gasteiger partial charge >= 0.3 is 0 Å². The van der Waals surface area contributed by atoms with Gasteiger partial charge in [-0.2, -0.15) is 0 Å². The van der Waals surface area contributed by atoms with E-state index >= 15 is 0 Å². The van der Waals surface area contributed by atoms with Gasteiger partial charge < -0.3 is 5.73 Å². The second-order valence-electron chi connectivity index (χ2n) is 4.08. The number of rotatable bonds is 2. The number of nitrogens with zero attached hydrogens (tertiary/aromatic N) is 4. The molecule has 2 N–H and O–H groups in total. The topological polar surface area (TPSA) is 69.6 Å². The summed E-state index contributed by atoms with van der Waals surface area (Å²) in [7, 11) is 0. The highest BCUT2D eigenvalue weighted by molar-refractivity contribution is 5.51. The van der Waals surface area contributed by atoms with E-state index in [0.717, 1.165) is 5.69 Å². The van der Waals surface area contributed by atoms with Gasteiger partial charge in [0, 0.05) is 0 Å². The van der Waals surface area contributed by atoms with Crippen molar-refractivity contribution < 1.29 is 0 Å². The molecule has 0 atom stereocenters. The third-order valence-electron chi connectivity index (χ3n) is 2.96. The number of nitrogens with two attached hydrogens (primary N) is 1. The molecule has 16 heavy (non-hydrogen) atoms. The van der Waals surface area contributed by atoms with Crippen LogP contribution in [0.5, 0.6) is 0 Å². The molecular formula is C11H13N5. The molecule has 0 amide bonds. The fourth-order valence-corrected chi connectivity index (χ4v) is 1.80. The van der Waals surface area contributed by atoms with Crippen LogP contribution in [0.15, 0.2) is 24.5 Å². The van der Waals surface area contributed by atoms with Crippen molar-refractivity contribution in [2.24, 2.45) is 0 Å². The fourth-order valence-electron chi connectivity index (χ4n) is 1.80. The lowest BCUT2D eigenvalue weighted by Crippen LogP contribution is -2.17. The summed E-state index contributed by atoms with van der Waals surface area (Å²) in [6, 6.07) is 6.02. The molecule has 0 radical (unpaired) electrons. The lowest BCUT2D eigenvalue weighted by atomic mass is 9.94. The molecule has 0 bridgehead atoms. The van der Waals surface area contributed by atoms with Gasteiger partial charge in [-0.15, -0.1) is 5.10 Å². The molecule has 0 saturated heterocycles. The van der Waals surface area contributed by atoms with E-state index in [2.05, 4.69) is 15.1 Å². The van der Waals surface area contributed by atoms with Gasteiger partial charge in [-0.3, -0.25) is 0 Å². The molecule has 1 fully saturated rings. The van der Waals surface area contributed by atoms with Gasteiger partial charge in [-0.25, -0.2) is 14.6 Å². The normalized spacial score (nSPS) is 16.0. The summed E-state index contributed by atoms with van der Waals surface area (Å²) in [6.45, 7) is 0. The molecule has 0 unspecified atom stereocenters. The Hall–Kier alpha value is -1.91. The average molecular weight is 215 g/mol. The third kappa shape index (κ3) is 1.54. The maximum atomic E-state index is 5.63. The number of nitrogen functional groups attached to an aromatic ring is 1. The molecule has 2 aromatic heterocycles. The van der Waals surface area contributed by atoms with E-state index in [0.29, 0.717) is 17.7 Å². The zero-order valence-corrected chi connectivity index (χ0v) is 8.87. The number of pyridine rings is 1. The van der Waals surface area contributed by atoms with E-state index in [4.69, 9.17) is 5.73 Å². The Kier molecular flexibility index (Phi) is 2.09.